The summed E-state index contributed by atoms with van der Waals surface area (Å²) in [5.74, 6) is 2.77. The zero-order valence-corrected chi connectivity index (χ0v) is 10.7. The first kappa shape index (κ1) is 13.8. The Morgan fingerprint density at radius 1 is 1.29 bits per heavy atom. The van der Waals surface area contributed by atoms with Crippen molar-refractivity contribution in [2.24, 2.45) is 0 Å². The van der Waals surface area contributed by atoms with Crippen LogP contribution in [0.15, 0.2) is 24.3 Å². The Labute approximate surface area is 104 Å². The zero-order chi connectivity index (χ0) is 12.5. The fraction of sp³-hybridized carbons (Fsp3) is 0.467. The molecule has 1 atom stereocenters. The molecule has 0 saturated carbocycles. The molecule has 0 aliphatic carbocycles. The molecular formula is C15H21NO. The number of nitrogens with one attached hydrogen (secondary N) is 1. The number of hydrogen-bond donors (Lipinski definition) is 1. The number of terminal acetylenes is 1. The minimum atomic E-state index is 0.179. The Morgan fingerprint density at radius 3 is 2.47 bits per heavy atom. The SMILES string of the molecule is C#CC(CCC)NCc1ccc(COC)cc1. The van der Waals surface area contributed by atoms with Crippen molar-refractivity contribution in [2.45, 2.75) is 39.0 Å². The molecule has 0 saturated heterocycles. The molecule has 0 radical (unpaired) electrons. The Bertz CT molecular complexity index is 350. The highest BCUT2D eigenvalue weighted by molar-refractivity contribution is 5.22. The van der Waals surface area contributed by atoms with Gasteiger partial charge < -0.3 is 4.74 Å². The minimum absolute atomic E-state index is 0.179. The summed E-state index contributed by atoms with van der Waals surface area (Å²) in [6.07, 6.45) is 7.59. The van der Waals surface area contributed by atoms with Crippen molar-refractivity contribution in [3.63, 3.8) is 0 Å². The third kappa shape index (κ3) is 5.04. The van der Waals surface area contributed by atoms with E-state index in [4.69, 9.17) is 11.2 Å². The number of ether oxygens (including phenoxy) is 1. The molecule has 1 rings (SSSR count). The molecule has 0 heterocycles. The van der Waals surface area contributed by atoms with E-state index in [-0.39, 0.29) is 6.04 Å². The smallest absolute Gasteiger partial charge is 0.0713 e. The highest BCUT2D eigenvalue weighted by Crippen LogP contribution is 2.06. The van der Waals surface area contributed by atoms with Crippen LogP contribution in [0.4, 0.5) is 0 Å². The van der Waals surface area contributed by atoms with Crippen LogP contribution in [0.5, 0.6) is 0 Å². The van der Waals surface area contributed by atoms with Crippen LogP contribution in [0.25, 0.3) is 0 Å². The molecule has 0 aliphatic rings. The monoisotopic (exact) mass is 231 g/mol. The van der Waals surface area contributed by atoms with Crippen molar-refractivity contribution in [3.05, 3.63) is 35.4 Å². The molecule has 92 valence electrons. The third-order valence-corrected chi connectivity index (χ3v) is 2.67. The number of hydrogen-bond acceptors (Lipinski definition) is 2. The second-order valence-corrected chi connectivity index (χ2v) is 4.14. The normalized spacial score (nSPS) is 12.1. The van der Waals surface area contributed by atoms with Gasteiger partial charge in [0.25, 0.3) is 0 Å². The first-order chi connectivity index (χ1) is 8.30. The van der Waals surface area contributed by atoms with Crippen LogP contribution < -0.4 is 5.32 Å². The zero-order valence-electron chi connectivity index (χ0n) is 10.7. The van der Waals surface area contributed by atoms with E-state index in [9.17, 15) is 0 Å². The summed E-state index contributed by atoms with van der Waals surface area (Å²) >= 11 is 0. The summed E-state index contributed by atoms with van der Waals surface area (Å²) in [4.78, 5) is 0. The second-order valence-electron chi connectivity index (χ2n) is 4.14. The average Bonchev–Trinajstić information content (AvgIpc) is 2.36. The molecule has 17 heavy (non-hydrogen) atoms. The van der Waals surface area contributed by atoms with Crippen LogP contribution in [-0.4, -0.2) is 13.2 Å². The molecule has 0 fully saturated rings. The van der Waals surface area contributed by atoms with E-state index in [0.29, 0.717) is 6.61 Å². The quantitative estimate of drug-likeness (QED) is 0.729. The van der Waals surface area contributed by atoms with Gasteiger partial charge in [-0.2, -0.15) is 0 Å². The van der Waals surface area contributed by atoms with Gasteiger partial charge in [-0.05, 0) is 17.5 Å². The highest BCUT2D eigenvalue weighted by atomic mass is 16.5. The molecular weight excluding hydrogens is 210 g/mol. The third-order valence-electron chi connectivity index (χ3n) is 2.67. The van der Waals surface area contributed by atoms with Crippen molar-refractivity contribution in [1.82, 2.24) is 5.32 Å². The van der Waals surface area contributed by atoms with Gasteiger partial charge in [0.05, 0.1) is 12.6 Å². The highest BCUT2D eigenvalue weighted by Gasteiger charge is 2.02. The standard InChI is InChI=1S/C15H21NO/c1-4-6-15(5-2)16-11-13-7-9-14(10-8-13)12-17-3/h2,7-10,15-16H,4,6,11-12H2,1,3H3. The van der Waals surface area contributed by atoms with Gasteiger partial charge in [-0.1, -0.05) is 43.5 Å². The van der Waals surface area contributed by atoms with Gasteiger partial charge in [-0.3, -0.25) is 5.32 Å². The number of methoxy groups -OCH3 is 1. The van der Waals surface area contributed by atoms with Crippen LogP contribution in [0.2, 0.25) is 0 Å². The Hall–Kier alpha value is -1.30. The van der Waals surface area contributed by atoms with Gasteiger partial charge in [0, 0.05) is 13.7 Å². The Morgan fingerprint density at radius 2 is 1.94 bits per heavy atom. The minimum Gasteiger partial charge on any atom is -0.380 e. The molecule has 0 amide bonds. The fourth-order valence-electron chi connectivity index (χ4n) is 1.69. The lowest BCUT2D eigenvalue weighted by Crippen LogP contribution is -2.26. The van der Waals surface area contributed by atoms with Gasteiger partial charge in [0.1, 0.15) is 0 Å². The number of benzene rings is 1. The first-order valence-electron chi connectivity index (χ1n) is 6.06. The van der Waals surface area contributed by atoms with Crippen molar-refractivity contribution in [2.75, 3.05) is 7.11 Å². The molecule has 1 N–H and O–H groups in total. The predicted octanol–water partition coefficient (Wildman–Crippen LogP) is 2.72. The van der Waals surface area contributed by atoms with E-state index in [1.54, 1.807) is 7.11 Å². The lowest BCUT2D eigenvalue weighted by Gasteiger charge is -2.12. The van der Waals surface area contributed by atoms with E-state index >= 15 is 0 Å². The lowest BCUT2D eigenvalue weighted by molar-refractivity contribution is 0.185. The van der Waals surface area contributed by atoms with E-state index in [1.807, 2.05) is 0 Å². The largest absolute Gasteiger partial charge is 0.380 e. The summed E-state index contributed by atoms with van der Waals surface area (Å²) in [6, 6.07) is 8.58. The summed E-state index contributed by atoms with van der Waals surface area (Å²) in [5, 5.41) is 3.37. The van der Waals surface area contributed by atoms with E-state index < -0.39 is 0 Å². The number of rotatable bonds is 7. The van der Waals surface area contributed by atoms with E-state index in [1.165, 1.54) is 11.1 Å². The predicted molar refractivity (Wildman–Crippen MR) is 71.5 cm³/mol. The van der Waals surface area contributed by atoms with Crippen LogP contribution in [0.1, 0.15) is 30.9 Å². The van der Waals surface area contributed by atoms with Gasteiger partial charge in [-0.25, -0.2) is 0 Å². The molecule has 1 unspecified atom stereocenters. The Kier molecular flexibility index (Phi) is 6.39. The van der Waals surface area contributed by atoms with Crippen LogP contribution in [0.3, 0.4) is 0 Å². The molecule has 2 heteroatoms. The lowest BCUT2D eigenvalue weighted by atomic mass is 10.1. The second kappa shape index (κ2) is 7.89. The van der Waals surface area contributed by atoms with Crippen LogP contribution in [-0.2, 0) is 17.9 Å². The summed E-state index contributed by atoms with van der Waals surface area (Å²) < 4.78 is 5.07. The topological polar surface area (TPSA) is 21.3 Å². The van der Waals surface area contributed by atoms with Gasteiger partial charge >= 0.3 is 0 Å². The average molecular weight is 231 g/mol. The maximum Gasteiger partial charge on any atom is 0.0713 e. The molecule has 2 nitrogen and oxygen atoms in total. The van der Waals surface area contributed by atoms with Crippen molar-refractivity contribution < 1.29 is 4.74 Å². The van der Waals surface area contributed by atoms with E-state index in [2.05, 4.69) is 42.4 Å². The summed E-state index contributed by atoms with van der Waals surface area (Å²) in [5.41, 5.74) is 2.44. The van der Waals surface area contributed by atoms with Gasteiger partial charge in [0.15, 0.2) is 0 Å². The molecule has 0 bridgehead atoms. The summed E-state index contributed by atoms with van der Waals surface area (Å²) in [7, 11) is 1.71. The Balaban J connectivity index is 2.44. The van der Waals surface area contributed by atoms with Crippen LogP contribution >= 0.6 is 0 Å². The maximum absolute atomic E-state index is 5.46. The van der Waals surface area contributed by atoms with Crippen LogP contribution in [0, 0.1) is 12.3 Å². The fourth-order valence-corrected chi connectivity index (χ4v) is 1.69. The molecule has 0 aliphatic heterocycles. The molecule has 1 aromatic rings. The van der Waals surface area contributed by atoms with Crippen molar-refractivity contribution >= 4 is 0 Å². The molecule has 1 aromatic carbocycles. The van der Waals surface area contributed by atoms with Gasteiger partial charge in [0.2, 0.25) is 0 Å². The maximum atomic E-state index is 5.46. The van der Waals surface area contributed by atoms with E-state index in [0.717, 1.165) is 19.4 Å². The van der Waals surface area contributed by atoms with Gasteiger partial charge in [-0.15, -0.1) is 6.42 Å². The molecule has 0 aromatic heterocycles. The molecule has 0 spiro atoms. The van der Waals surface area contributed by atoms with Crippen molar-refractivity contribution in [1.29, 1.82) is 0 Å². The van der Waals surface area contributed by atoms with Crippen molar-refractivity contribution in [3.8, 4) is 12.3 Å². The summed E-state index contributed by atoms with van der Waals surface area (Å²) in [6.45, 7) is 3.63. The first-order valence-corrected chi connectivity index (χ1v) is 6.06.